The number of hydrogen-bond acceptors (Lipinski definition) is 4. The van der Waals surface area contributed by atoms with Crippen LogP contribution >= 0.6 is 0 Å². The zero-order valence-electron chi connectivity index (χ0n) is 13.5. The van der Waals surface area contributed by atoms with Crippen molar-refractivity contribution in [1.29, 1.82) is 0 Å². The SMILES string of the molecule is CCC1CCC(NC(=O)c2cc(OC)c(O)c(OC)c2)CC1. The molecule has 0 unspecified atom stereocenters. The van der Waals surface area contributed by atoms with Gasteiger partial charge in [-0.1, -0.05) is 13.3 Å². The molecule has 0 bridgehead atoms. The van der Waals surface area contributed by atoms with Gasteiger partial charge < -0.3 is 19.9 Å². The van der Waals surface area contributed by atoms with Crippen molar-refractivity contribution in [3.05, 3.63) is 17.7 Å². The van der Waals surface area contributed by atoms with Crippen molar-refractivity contribution >= 4 is 5.91 Å². The van der Waals surface area contributed by atoms with Crippen LogP contribution in [-0.2, 0) is 0 Å². The highest BCUT2D eigenvalue weighted by atomic mass is 16.5. The molecule has 1 amide bonds. The Labute approximate surface area is 131 Å². The quantitative estimate of drug-likeness (QED) is 0.877. The molecule has 0 atom stereocenters. The van der Waals surface area contributed by atoms with E-state index in [1.54, 1.807) is 0 Å². The third-order valence-electron chi connectivity index (χ3n) is 4.50. The van der Waals surface area contributed by atoms with Gasteiger partial charge in [0.25, 0.3) is 5.91 Å². The lowest BCUT2D eigenvalue weighted by Gasteiger charge is -2.28. The van der Waals surface area contributed by atoms with Gasteiger partial charge >= 0.3 is 0 Å². The van der Waals surface area contributed by atoms with Crippen LogP contribution in [0.1, 0.15) is 49.4 Å². The molecule has 0 saturated heterocycles. The molecule has 22 heavy (non-hydrogen) atoms. The van der Waals surface area contributed by atoms with Crippen molar-refractivity contribution < 1.29 is 19.4 Å². The third kappa shape index (κ3) is 3.64. The van der Waals surface area contributed by atoms with Crippen molar-refractivity contribution in [2.45, 2.75) is 45.1 Å². The van der Waals surface area contributed by atoms with Crippen LogP contribution in [0, 0.1) is 5.92 Å². The van der Waals surface area contributed by atoms with E-state index in [1.807, 2.05) is 0 Å². The first-order valence-electron chi connectivity index (χ1n) is 7.84. The van der Waals surface area contributed by atoms with Gasteiger partial charge in [-0.05, 0) is 43.7 Å². The summed E-state index contributed by atoms with van der Waals surface area (Å²) in [6.07, 6.45) is 5.60. The van der Waals surface area contributed by atoms with Crippen LogP contribution in [0.25, 0.3) is 0 Å². The average Bonchev–Trinajstić information content (AvgIpc) is 2.55. The van der Waals surface area contributed by atoms with E-state index in [-0.39, 0.29) is 29.2 Å². The number of ether oxygens (including phenoxy) is 2. The summed E-state index contributed by atoms with van der Waals surface area (Å²) in [4.78, 5) is 12.4. The molecule has 0 heterocycles. The van der Waals surface area contributed by atoms with Gasteiger partial charge in [0, 0.05) is 11.6 Å². The highest BCUT2D eigenvalue weighted by molar-refractivity contribution is 5.95. The fourth-order valence-corrected chi connectivity index (χ4v) is 3.01. The number of carbonyl (C=O) groups is 1. The Bertz CT molecular complexity index is 496. The molecule has 1 aromatic carbocycles. The van der Waals surface area contributed by atoms with Gasteiger partial charge in [-0.2, -0.15) is 0 Å². The fourth-order valence-electron chi connectivity index (χ4n) is 3.01. The topological polar surface area (TPSA) is 67.8 Å². The Morgan fingerprint density at radius 1 is 1.18 bits per heavy atom. The third-order valence-corrected chi connectivity index (χ3v) is 4.50. The Morgan fingerprint density at radius 3 is 2.18 bits per heavy atom. The Morgan fingerprint density at radius 2 is 1.73 bits per heavy atom. The normalized spacial score (nSPS) is 21.2. The number of methoxy groups -OCH3 is 2. The highest BCUT2D eigenvalue weighted by Gasteiger charge is 2.23. The maximum Gasteiger partial charge on any atom is 0.251 e. The predicted octanol–water partition coefficient (Wildman–Crippen LogP) is 3.11. The largest absolute Gasteiger partial charge is 0.502 e. The minimum absolute atomic E-state index is 0.0926. The average molecular weight is 307 g/mol. The number of amides is 1. The molecule has 1 aromatic rings. The summed E-state index contributed by atoms with van der Waals surface area (Å²) in [7, 11) is 2.89. The number of phenolic OH excluding ortho intramolecular Hbond substituents is 1. The first kappa shape index (κ1) is 16.5. The number of nitrogens with one attached hydrogen (secondary N) is 1. The summed E-state index contributed by atoms with van der Waals surface area (Å²) in [6.45, 7) is 2.22. The maximum atomic E-state index is 12.4. The Kier molecular flexibility index (Phi) is 5.52. The summed E-state index contributed by atoms with van der Waals surface area (Å²) in [5.41, 5.74) is 0.434. The van der Waals surface area contributed by atoms with Gasteiger partial charge in [0.15, 0.2) is 11.5 Å². The summed E-state index contributed by atoms with van der Waals surface area (Å²) in [5.74, 6) is 1.02. The first-order chi connectivity index (χ1) is 10.6. The van der Waals surface area contributed by atoms with Crippen molar-refractivity contribution in [3.63, 3.8) is 0 Å². The maximum absolute atomic E-state index is 12.4. The van der Waals surface area contributed by atoms with Gasteiger partial charge in [-0.25, -0.2) is 0 Å². The number of aromatic hydroxyl groups is 1. The van der Waals surface area contributed by atoms with E-state index in [9.17, 15) is 9.90 Å². The Hall–Kier alpha value is -1.91. The van der Waals surface area contributed by atoms with E-state index >= 15 is 0 Å². The van der Waals surface area contributed by atoms with E-state index in [2.05, 4.69) is 12.2 Å². The van der Waals surface area contributed by atoms with Crippen molar-refractivity contribution in [3.8, 4) is 17.2 Å². The second kappa shape index (κ2) is 7.38. The summed E-state index contributed by atoms with van der Waals surface area (Å²) >= 11 is 0. The number of phenols is 1. The molecule has 0 radical (unpaired) electrons. The van der Waals surface area contributed by atoms with Gasteiger partial charge in [-0.15, -0.1) is 0 Å². The molecule has 0 spiro atoms. The Balaban J connectivity index is 2.06. The lowest BCUT2D eigenvalue weighted by atomic mass is 9.84. The molecule has 2 N–H and O–H groups in total. The van der Waals surface area contributed by atoms with Crippen LogP contribution in [0.2, 0.25) is 0 Å². The molecule has 1 aliphatic rings. The van der Waals surface area contributed by atoms with Gasteiger partial charge in [0.2, 0.25) is 5.75 Å². The summed E-state index contributed by atoms with van der Waals surface area (Å²) in [5, 5.41) is 13.0. The summed E-state index contributed by atoms with van der Waals surface area (Å²) < 4.78 is 10.2. The standard InChI is InChI=1S/C17H25NO4/c1-4-11-5-7-13(8-6-11)18-17(20)12-9-14(21-2)16(19)15(10-12)22-3/h9-11,13,19H,4-8H2,1-3H3,(H,18,20). The molecule has 2 rings (SSSR count). The van der Waals surface area contributed by atoms with Crippen LogP contribution in [-0.4, -0.2) is 31.3 Å². The molecular formula is C17H25NO4. The smallest absolute Gasteiger partial charge is 0.251 e. The van der Waals surface area contributed by atoms with Gasteiger partial charge in [-0.3, -0.25) is 4.79 Å². The zero-order valence-corrected chi connectivity index (χ0v) is 13.5. The lowest BCUT2D eigenvalue weighted by molar-refractivity contribution is 0.0921. The number of carbonyl (C=O) groups excluding carboxylic acids is 1. The van der Waals surface area contributed by atoms with E-state index in [0.29, 0.717) is 5.56 Å². The molecule has 5 heteroatoms. The molecular weight excluding hydrogens is 282 g/mol. The highest BCUT2D eigenvalue weighted by Crippen LogP contribution is 2.37. The molecule has 1 aliphatic carbocycles. The van der Waals surface area contributed by atoms with Gasteiger partial charge in [0.05, 0.1) is 14.2 Å². The molecule has 5 nitrogen and oxygen atoms in total. The van der Waals surface area contributed by atoms with Gasteiger partial charge in [0.1, 0.15) is 0 Å². The van der Waals surface area contributed by atoms with Crippen LogP contribution in [0.3, 0.4) is 0 Å². The lowest BCUT2D eigenvalue weighted by Crippen LogP contribution is -2.37. The molecule has 1 fully saturated rings. The minimum atomic E-state index is -0.156. The van der Waals surface area contributed by atoms with Crippen LogP contribution < -0.4 is 14.8 Å². The van der Waals surface area contributed by atoms with E-state index in [0.717, 1.165) is 18.8 Å². The molecule has 122 valence electrons. The van der Waals surface area contributed by atoms with Crippen LogP contribution in [0.15, 0.2) is 12.1 Å². The van der Waals surface area contributed by atoms with Crippen LogP contribution in [0.4, 0.5) is 0 Å². The number of rotatable bonds is 5. The molecule has 1 saturated carbocycles. The minimum Gasteiger partial charge on any atom is -0.502 e. The fraction of sp³-hybridized carbons (Fsp3) is 0.588. The second-order valence-corrected chi connectivity index (χ2v) is 5.83. The zero-order chi connectivity index (χ0) is 16.1. The van der Waals surface area contributed by atoms with Crippen molar-refractivity contribution in [2.24, 2.45) is 5.92 Å². The number of hydrogen-bond donors (Lipinski definition) is 2. The number of benzene rings is 1. The van der Waals surface area contributed by atoms with E-state index in [4.69, 9.17) is 9.47 Å². The molecule has 0 aliphatic heterocycles. The van der Waals surface area contributed by atoms with Crippen molar-refractivity contribution in [1.82, 2.24) is 5.32 Å². The second-order valence-electron chi connectivity index (χ2n) is 5.83. The monoisotopic (exact) mass is 307 g/mol. The first-order valence-corrected chi connectivity index (χ1v) is 7.84. The van der Waals surface area contributed by atoms with Crippen LogP contribution in [0.5, 0.6) is 17.2 Å². The van der Waals surface area contributed by atoms with E-state index < -0.39 is 0 Å². The van der Waals surface area contributed by atoms with E-state index in [1.165, 1.54) is 45.6 Å². The van der Waals surface area contributed by atoms with Crippen molar-refractivity contribution in [2.75, 3.05) is 14.2 Å². The molecule has 0 aromatic heterocycles. The summed E-state index contributed by atoms with van der Waals surface area (Å²) in [6, 6.07) is 3.29. The predicted molar refractivity (Wildman–Crippen MR) is 84.7 cm³/mol.